The van der Waals surface area contributed by atoms with Crippen molar-refractivity contribution in [3.8, 4) is 11.5 Å². The molecule has 0 fully saturated rings. The number of aryl methyl sites for hydroxylation is 1. The number of alkyl halides is 3. The summed E-state index contributed by atoms with van der Waals surface area (Å²) in [4.78, 5) is 14.0. The van der Waals surface area contributed by atoms with E-state index in [4.69, 9.17) is 9.47 Å². The third-order valence-electron chi connectivity index (χ3n) is 3.82. The molecule has 0 saturated heterocycles. The number of hydrogen-bond donors (Lipinski definition) is 0. The van der Waals surface area contributed by atoms with Crippen LogP contribution in [0.1, 0.15) is 28.5 Å². The Balaban J connectivity index is 2.31. The molecule has 142 valence electrons. The molecule has 6 nitrogen and oxygen atoms in total. The Labute approximate surface area is 149 Å². The zero-order valence-electron chi connectivity index (χ0n) is 14.9. The molecule has 0 aliphatic rings. The minimum atomic E-state index is -4.70. The number of aromatic nitrogens is 2. The molecule has 1 aromatic heterocycles. The molecule has 26 heavy (non-hydrogen) atoms. The number of carbonyl (C=O) groups excluding carboxylic acids is 1. The summed E-state index contributed by atoms with van der Waals surface area (Å²) < 4.78 is 50.7. The molecule has 1 aromatic carbocycles. The molecular weight excluding hydrogens is 351 g/mol. The number of methoxy groups -OCH3 is 2. The van der Waals surface area contributed by atoms with E-state index in [0.717, 1.165) is 10.9 Å². The van der Waals surface area contributed by atoms with Crippen molar-refractivity contribution in [1.29, 1.82) is 0 Å². The van der Waals surface area contributed by atoms with E-state index in [1.807, 2.05) is 0 Å². The highest BCUT2D eigenvalue weighted by Gasteiger charge is 2.39. The maximum Gasteiger partial charge on any atom is 0.435 e. The van der Waals surface area contributed by atoms with Gasteiger partial charge in [0.1, 0.15) is 0 Å². The van der Waals surface area contributed by atoms with Crippen molar-refractivity contribution in [2.45, 2.75) is 19.6 Å². The molecule has 0 radical (unpaired) electrons. The minimum absolute atomic E-state index is 0.127. The predicted octanol–water partition coefficient (Wildman–Crippen LogP) is 3.12. The van der Waals surface area contributed by atoms with Gasteiger partial charge in [-0.2, -0.15) is 18.3 Å². The number of carbonyl (C=O) groups is 1. The number of hydrogen-bond acceptors (Lipinski definition) is 4. The maximum absolute atomic E-state index is 13.1. The van der Waals surface area contributed by atoms with Gasteiger partial charge >= 0.3 is 6.18 Å². The summed E-state index contributed by atoms with van der Waals surface area (Å²) in [6.45, 7) is 2.06. The summed E-state index contributed by atoms with van der Waals surface area (Å²) in [5.74, 6) is 0.269. The second-order valence-electron chi connectivity index (χ2n) is 5.57. The van der Waals surface area contributed by atoms with Crippen molar-refractivity contribution in [2.24, 2.45) is 7.05 Å². The van der Waals surface area contributed by atoms with Crippen LogP contribution in [-0.2, 0) is 19.8 Å². The van der Waals surface area contributed by atoms with Crippen molar-refractivity contribution >= 4 is 5.91 Å². The van der Waals surface area contributed by atoms with E-state index >= 15 is 0 Å². The summed E-state index contributed by atoms with van der Waals surface area (Å²) in [6.07, 6.45) is -3.61. The Morgan fingerprint density at radius 2 is 1.88 bits per heavy atom. The van der Waals surface area contributed by atoms with E-state index in [0.29, 0.717) is 17.1 Å². The number of nitrogens with zero attached hydrogens (tertiary/aromatic N) is 3. The minimum Gasteiger partial charge on any atom is -0.493 e. The van der Waals surface area contributed by atoms with Gasteiger partial charge in [-0.15, -0.1) is 0 Å². The first kappa shape index (κ1) is 19.6. The van der Waals surface area contributed by atoms with Crippen LogP contribution in [0.25, 0.3) is 0 Å². The van der Waals surface area contributed by atoms with Crippen LogP contribution in [0.3, 0.4) is 0 Å². The van der Waals surface area contributed by atoms with Crippen LogP contribution in [0.5, 0.6) is 11.5 Å². The Bertz CT molecular complexity index is 787. The largest absolute Gasteiger partial charge is 0.493 e. The molecule has 1 heterocycles. The second kappa shape index (κ2) is 7.67. The van der Waals surface area contributed by atoms with Crippen LogP contribution in [0, 0.1) is 0 Å². The van der Waals surface area contributed by atoms with Crippen LogP contribution in [-0.4, -0.2) is 41.4 Å². The van der Waals surface area contributed by atoms with E-state index in [-0.39, 0.29) is 13.1 Å². The molecule has 9 heteroatoms. The smallest absolute Gasteiger partial charge is 0.435 e. The Hall–Kier alpha value is -2.71. The summed E-state index contributed by atoms with van der Waals surface area (Å²) in [5, 5.41) is 3.38. The molecule has 1 amide bonds. The highest BCUT2D eigenvalue weighted by molar-refractivity contribution is 5.95. The van der Waals surface area contributed by atoms with Gasteiger partial charge < -0.3 is 14.4 Å². The third kappa shape index (κ3) is 4.09. The predicted molar refractivity (Wildman–Crippen MR) is 88.2 cm³/mol. The van der Waals surface area contributed by atoms with Gasteiger partial charge in [0.2, 0.25) is 0 Å². The fraction of sp³-hybridized carbons (Fsp3) is 0.412. The number of rotatable bonds is 6. The SMILES string of the molecule is CCN(Cc1ccc(OC)c(OC)c1)C(=O)c1cn(C)nc1C(F)(F)F. The Morgan fingerprint density at radius 3 is 2.42 bits per heavy atom. The first-order chi connectivity index (χ1) is 12.2. The van der Waals surface area contributed by atoms with E-state index < -0.39 is 23.3 Å². The standard InChI is InChI=1S/C17H20F3N3O3/c1-5-23(9-11-6-7-13(25-3)14(8-11)26-4)16(24)12-10-22(2)21-15(12)17(18,19)20/h6-8,10H,5,9H2,1-4H3. The lowest BCUT2D eigenvalue weighted by atomic mass is 10.1. The zero-order valence-corrected chi connectivity index (χ0v) is 14.9. The first-order valence-electron chi connectivity index (χ1n) is 7.82. The second-order valence-corrected chi connectivity index (χ2v) is 5.57. The van der Waals surface area contributed by atoms with Gasteiger partial charge in [-0.05, 0) is 24.6 Å². The number of benzene rings is 1. The Kier molecular flexibility index (Phi) is 5.79. The average molecular weight is 371 g/mol. The summed E-state index contributed by atoms with van der Waals surface area (Å²) >= 11 is 0. The van der Waals surface area contributed by atoms with Crippen LogP contribution in [0.4, 0.5) is 13.2 Å². The Morgan fingerprint density at radius 1 is 1.23 bits per heavy atom. The molecule has 0 saturated carbocycles. The van der Waals surface area contributed by atoms with Gasteiger partial charge in [0.25, 0.3) is 5.91 Å². The summed E-state index contributed by atoms with van der Waals surface area (Å²) in [7, 11) is 4.33. The lowest BCUT2D eigenvalue weighted by molar-refractivity contribution is -0.141. The topological polar surface area (TPSA) is 56.6 Å². The molecule has 2 aromatic rings. The fourth-order valence-corrected chi connectivity index (χ4v) is 2.55. The highest BCUT2D eigenvalue weighted by atomic mass is 19.4. The van der Waals surface area contributed by atoms with E-state index in [2.05, 4.69) is 5.10 Å². The van der Waals surface area contributed by atoms with Crippen LogP contribution < -0.4 is 9.47 Å². The molecule has 0 spiro atoms. The maximum atomic E-state index is 13.1. The molecule has 0 bridgehead atoms. The average Bonchev–Trinajstić information content (AvgIpc) is 3.01. The van der Waals surface area contributed by atoms with E-state index in [1.165, 1.54) is 26.2 Å². The third-order valence-corrected chi connectivity index (χ3v) is 3.82. The normalized spacial score (nSPS) is 11.3. The van der Waals surface area contributed by atoms with Gasteiger partial charge in [0.05, 0.1) is 19.8 Å². The van der Waals surface area contributed by atoms with Crippen molar-refractivity contribution in [1.82, 2.24) is 14.7 Å². The van der Waals surface area contributed by atoms with Crippen molar-refractivity contribution < 1.29 is 27.4 Å². The van der Waals surface area contributed by atoms with Gasteiger partial charge in [-0.25, -0.2) is 0 Å². The van der Waals surface area contributed by atoms with E-state index in [9.17, 15) is 18.0 Å². The lowest BCUT2D eigenvalue weighted by Crippen LogP contribution is -2.31. The van der Waals surface area contributed by atoms with Gasteiger partial charge in [0.15, 0.2) is 17.2 Å². The van der Waals surface area contributed by atoms with Gasteiger partial charge in [-0.1, -0.05) is 6.07 Å². The lowest BCUT2D eigenvalue weighted by Gasteiger charge is -2.21. The monoisotopic (exact) mass is 371 g/mol. The number of amides is 1. The van der Waals surface area contributed by atoms with Crippen molar-refractivity contribution in [3.05, 3.63) is 41.2 Å². The molecule has 0 N–H and O–H groups in total. The van der Waals surface area contributed by atoms with E-state index in [1.54, 1.807) is 25.1 Å². The van der Waals surface area contributed by atoms with Crippen molar-refractivity contribution in [2.75, 3.05) is 20.8 Å². The molecule has 0 aliphatic carbocycles. The summed E-state index contributed by atoms with van der Waals surface area (Å²) in [5.41, 5.74) is -0.951. The number of ether oxygens (including phenoxy) is 2. The molecule has 2 rings (SSSR count). The van der Waals surface area contributed by atoms with Gasteiger partial charge in [0, 0.05) is 26.3 Å². The number of halogens is 3. The van der Waals surface area contributed by atoms with Crippen LogP contribution in [0.2, 0.25) is 0 Å². The zero-order chi connectivity index (χ0) is 19.5. The van der Waals surface area contributed by atoms with Crippen LogP contribution in [0.15, 0.2) is 24.4 Å². The fourth-order valence-electron chi connectivity index (χ4n) is 2.55. The molecule has 0 unspecified atom stereocenters. The van der Waals surface area contributed by atoms with Gasteiger partial charge in [-0.3, -0.25) is 9.48 Å². The molecular formula is C17H20F3N3O3. The van der Waals surface area contributed by atoms with Crippen molar-refractivity contribution in [3.63, 3.8) is 0 Å². The quantitative estimate of drug-likeness (QED) is 0.783. The molecule has 0 aliphatic heterocycles. The first-order valence-corrected chi connectivity index (χ1v) is 7.82. The summed E-state index contributed by atoms with van der Waals surface area (Å²) in [6, 6.07) is 5.09. The molecule has 0 atom stereocenters. The highest BCUT2D eigenvalue weighted by Crippen LogP contribution is 2.32. The van der Waals surface area contributed by atoms with Crippen LogP contribution >= 0.6 is 0 Å².